The third-order valence-corrected chi connectivity index (χ3v) is 3.70. The van der Waals surface area contributed by atoms with E-state index < -0.39 is 5.97 Å². The normalized spacial score (nSPS) is 12.2. The van der Waals surface area contributed by atoms with E-state index in [4.69, 9.17) is 9.15 Å². The van der Waals surface area contributed by atoms with E-state index in [9.17, 15) is 9.59 Å². The quantitative estimate of drug-likeness (QED) is 0.545. The molecule has 1 atom stereocenters. The van der Waals surface area contributed by atoms with Crippen molar-refractivity contribution in [3.05, 3.63) is 72.1 Å². The van der Waals surface area contributed by atoms with Gasteiger partial charge in [-0.15, -0.1) is 0 Å². The molecule has 0 radical (unpaired) electrons. The number of esters is 1. The summed E-state index contributed by atoms with van der Waals surface area (Å²) >= 11 is 0. The highest BCUT2D eigenvalue weighted by Gasteiger charge is 2.11. The molecular weight excluding hydrogens is 332 g/mol. The molecule has 0 spiro atoms. The zero-order valence-electron chi connectivity index (χ0n) is 14.2. The van der Waals surface area contributed by atoms with Crippen LogP contribution in [0.4, 0.5) is 0 Å². The molecular formula is C20H18N2O4. The zero-order chi connectivity index (χ0) is 18.4. The van der Waals surface area contributed by atoms with E-state index in [-0.39, 0.29) is 18.6 Å². The second-order valence-electron chi connectivity index (χ2n) is 5.66. The van der Waals surface area contributed by atoms with Crippen LogP contribution in [0.15, 0.2) is 65.1 Å². The van der Waals surface area contributed by atoms with Crippen LogP contribution in [0.1, 0.15) is 24.4 Å². The van der Waals surface area contributed by atoms with Crippen molar-refractivity contribution in [2.24, 2.45) is 0 Å². The number of ether oxygens (including phenoxy) is 1. The Morgan fingerprint density at radius 1 is 1.15 bits per heavy atom. The topological polar surface area (TPSA) is 81.4 Å². The second kappa shape index (κ2) is 8.11. The van der Waals surface area contributed by atoms with Crippen LogP contribution < -0.4 is 5.32 Å². The molecule has 3 rings (SSSR count). The molecule has 0 fully saturated rings. The molecule has 6 heteroatoms. The Morgan fingerprint density at radius 2 is 1.88 bits per heavy atom. The number of nitrogens with zero attached hydrogens (tertiary/aromatic N) is 1. The fraction of sp³-hybridized carbons (Fsp3) is 0.150. The van der Waals surface area contributed by atoms with Gasteiger partial charge in [0.2, 0.25) is 5.89 Å². The van der Waals surface area contributed by atoms with Crippen LogP contribution in [-0.2, 0) is 14.3 Å². The number of carbonyl (C=O) groups excluding carboxylic acids is 2. The van der Waals surface area contributed by atoms with Crippen molar-refractivity contribution in [3.63, 3.8) is 0 Å². The lowest BCUT2D eigenvalue weighted by Crippen LogP contribution is -2.30. The number of para-hydroxylation sites is 2. The summed E-state index contributed by atoms with van der Waals surface area (Å²) < 4.78 is 10.4. The number of oxazole rings is 1. The highest BCUT2D eigenvalue weighted by atomic mass is 16.5. The molecule has 1 heterocycles. The second-order valence-corrected chi connectivity index (χ2v) is 5.66. The molecule has 1 aromatic heterocycles. The van der Waals surface area contributed by atoms with E-state index in [1.807, 2.05) is 55.5 Å². The molecule has 0 aliphatic heterocycles. The number of nitrogens with one attached hydrogen (secondary N) is 1. The molecule has 0 saturated carbocycles. The Kier molecular flexibility index (Phi) is 5.43. The van der Waals surface area contributed by atoms with Gasteiger partial charge < -0.3 is 14.5 Å². The highest BCUT2D eigenvalue weighted by Crippen LogP contribution is 2.15. The van der Waals surface area contributed by atoms with Crippen molar-refractivity contribution in [1.29, 1.82) is 0 Å². The Balaban J connectivity index is 1.48. The van der Waals surface area contributed by atoms with E-state index in [0.717, 1.165) is 5.56 Å². The fourth-order valence-corrected chi connectivity index (χ4v) is 2.39. The van der Waals surface area contributed by atoms with Gasteiger partial charge in [0.1, 0.15) is 5.52 Å². The maximum atomic E-state index is 11.9. The van der Waals surface area contributed by atoms with E-state index in [1.165, 1.54) is 12.2 Å². The summed E-state index contributed by atoms with van der Waals surface area (Å²) in [6.07, 6.45) is 2.59. The molecule has 3 aromatic rings. The van der Waals surface area contributed by atoms with Gasteiger partial charge in [0.25, 0.3) is 5.91 Å². The largest absolute Gasteiger partial charge is 0.452 e. The molecule has 0 bridgehead atoms. The highest BCUT2D eigenvalue weighted by molar-refractivity contribution is 5.89. The zero-order valence-corrected chi connectivity index (χ0v) is 14.2. The van der Waals surface area contributed by atoms with Crippen LogP contribution in [-0.4, -0.2) is 23.5 Å². The molecule has 0 aliphatic rings. The number of aromatic nitrogens is 1. The first-order valence-corrected chi connectivity index (χ1v) is 8.16. The molecule has 1 amide bonds. The van der Waals surface area contributed by atoms with E-state index in [0.29, 0.717) is 17.0 Å². The molecule has 6 nitrogen and oxygen atoms in total. The Morgan fingerprint density at radius 3 is 2.65 bits per heavy atom. The minimum absolute atomic E-state index is 0.169. The first-order valence-electron chi connectivity index (χ1n) is 8.16. The third-order valence-electron chi connectivity index (χ3n) is 3.70. The van der Waals surface area contributed by atoms with Crippen LogP contribution in [0.25, 0.3) is 17.2 Å². The van der Waals surface area contributed by atoms with Crippen LogP contribution in [0, 0.1) is 0 Å². The first-order chi connectivity index (χ1) is 12.6. The van der Waals surface area contributed by atoms with Gasteiger partial charge in [0, 0.05) is 12.2 Å². The first kappa shape index (κ1) is 17.4. The number of fused-ring (bicyclic) bond motifs is 1. The molecule has 2 aromatic carbocycles. The van der Waals surface area contributed by atoms with Crippen LogP contribution in [0.3, 0.4) is 0 Å². The number of hydrogen-bond donors (Lipinski definition) is 1. The van der Waals surface area contributed by atoms with Gasteiger partial charge in [0.05, 0.1) is 6.04 Å². The molecule has 0 unspecified atom stereocenters. The van der Waals surface area contributed by atoms with Crippen molar-refractivity contribution >= 4 is 29.1 Å². The van der Waals surface area contributed by atoms with E-state index in [2.05, 4.69) is 10.3 Å². The Hall–Kier alpha value is -3.41. The maximum Gasteiger partial charge on any atom is 0.331 e. The van der Waals surface area contributed by atoms with Gasteiger partial charge in [-0.05, 0) is 24.6 Å². The lowest BCUT2D eigenvalue weighted by atomic mass is 10.1. The summed E-state index contributed by atoms with van der Waals surface area (Å²) in [7, 11) is 0. The van der Waals surface area contributed by atoms with Crippen LogP contribution in [0.5, 0.6) is 0 Å². The Bertz CT molecular complexity index is 898. The maximum absolute atomic E-state index is 11.9. The summed E-state index contributed by atoms with van der Waals surface area (Å²) in [5.74, 6) is -0.718. The fourth-order valence-electron chi connectivity index (χ4n) is 2.39. The summed E-state index contributed by atoms with van der Waals surface area (Å²) in [4.78, 5) is 27.8. The van der Waals surface area contributed by atoms with Gasteiger partial charge in [-0.1, -0.05) is 42.5 Å². The van der Waals surface area contributed by atoms with Gasteiger partial charge >= 0.3 is 5.97 Å². The summed E-state index contributed by atoms with van der Waals surface area (Å²) in [5, 5.41) is 2.77. The molecule has 0 aliphatic carbocycles. The third kappa shape index (κ3) is 4.57. The monoisotopic (exact) mass is 350 g/mol. The van der Waals surface area contributed by atoms with Gasteiger partial charge in [-0.2, -0.15) is 0 Å². The number of carbonyl (C=O) groups is 2. The van der Waals surface area contributed by atoms with Crippen LogP contribution >= 0.6 is 0 Å². The van der Waals surface area contributed by atoms with Gasteiger partial charge in [-0.25, -0.2) is 9.78 Å². The summed E-state index contributed by atoms with van der Waals surface area (Å²) in [6.45, 7) is 1.51. The van der Waals surface area contributed by atoms with Crippen molar-refractivity contribution in [2.75, 3.05) is 6.61 Å². The molecule has 1 N–H and O–H groups in total. The molecule has 0 saturated heterocycles. The lowest BCUT2D eigenvalue weighted by Gasteiger charge is -2.13. The lowest BCUT2D eigenvalue weighted by molar-refractivity contribution is -0.144. The predicted octanol–water partition coefficient (Wildman–Crippen LogP) is 3.26. The minimum Gasteiger partial charge on any atom is -0.452 e. The van der Waals surface area contributed by atoms with Crippen molar-refractivity contribution in [2.45, 2.75) is 13.0 Å². The SMILES string of the molecule is C[C@@H](NC(=O)COC(=O)/C=C/c1nc2ccccc2o1)c1ccccc1. The smallest absolute Gasteiger partial charge is 0.331 e. The van der Waals surface area contributed by atoms with Crippen LogP contribution in [0.2, 0.25) is 0 Å². The van der Waals surface area contributed by atoms with Crippen molar-refractivity contribution < 1.29 is 18.7 Å². The number of hydrogen-bond acceptors (Lipinski definition) is 5. The molecule has 26 heavy (non-hydrogen) atoms. The van der Waals surface area contributed by atoms with Gasteiger partial charge in [0.15, 0.2) is 12.2 Å². The average Bonchev–Trinajstić information content (AvgIpc) is 3.08. The summed E-state index contributed by atoms with van der Waals surface area (Å²) in [5.41, 5.74) is 2.31. The standard InChI is InChI=1S/C20H18N2O4/c1-14(15-7-3-2-4-8-15)21-18(23)13-25-20(24)12-11-19-22-16-9-5-6-10-17(16)26-19/h2-12,14H,13H2,1H3,(H,21,23)/b12-11+/t14-/m1/s1. The van der Waals surface area contributed by atoms with E-state index >= 15 is 0 Å². The Labute approximate surface area is 150 Å². The van der Waals surface area contributed by atoms with Gasteiger partial charge in [-0.3, -0.25) is 4.79 Å². The summed E-state index contributed by atoms with van der Waals surface area (Å²) in [6, 6.07) is 16.7. The number of benzene rings is 2. The minimum atomic E-state index is -0.644. The van der Waals surface area contributed by atoms with E-state index in [1.54, 1.807) is 6.07 Å². The average molecular weight is 350 g/mol. The predicted molar refractivity (Wildman–Crippen MR) is 97.0 cm³/mol. The number of rotatable bonds is 6. The number of amides is 1. The molecule has 132 valence electrons. The van der Waals surface area contributed by atoms with Crippen molar-refractivity contribution in [1.82, 2.24) is 10.3 Å². The van der Waals surface area contributed by atoms with Crippen molar-refractivity contribution in [3.8, 4) is 0 Å².